The number of ketones is 1. The van der Waals surface area contributed by atoms with E-state index in [-0.39, 0.29) is 11.9 Å². The number of carbonyl (C=O) groups excluding carboxylic acids is 1. The summed E-state index contributed by atoms with van der Waals surface area (Å²) in [5.41, 5.74) is 0.774. The van der Waals surface area contributed by atoms with Gasteiger partial charge in [0.1, 0.15) is 0 Å². The van der Waals surface area contributed by atoms with Crippen molar-refractivity contribution < 1.29 is 9.53 Å². The van der Waals surface area contributed by atoms with Crippen molar-refractivity contribution in [1.29, 1.82) is 0 Å². The van der Waals surface area contributed by atoms with Gasteiger partial charge >= 0.3 is 0 Å². The van der Waals surface area contributed by atoms with Gasteiger partial charge in [0.25, 0.3) is 0 Å². The number of Topliss-reactive ketones (excluding diaryl/α,β-unsaturated/α-hetero) is 1. The van der Waals surface area contributed by atoms with E-state index < -0.39 is 0 Å². The Labute approximate surface area is 116 Å². The molecule has 1 fully saturated rings. The minimum atomic E-state index is 0.177. The molecule has 2 rings (SSSR count). The second-order valence-corrected chi connectivity index (χ2v) is 5.62. The summed E-state index contributed by atoms with van der Waals surface area (Å²) < 4.78 is 6.57. The Kier molecular flexibility index (Phi) is 4.92. The zero-order chi connectivity index (χ0) is 13.0. The van der Waals surface area contributed by atoms with Gasteiger partial charge in [-0.2, -0.15) is 0 Å². The van der Waals surface area contributed by atoms with E-state index in [2.05, 4.69) is 27.8 Å². The van der Waals surface area contributed by atoms with Crippen molar-refractivity contribution in [3.05, 3.63) is 34.3 Å². The number of halogens is 1. The molecule has 0 spiro atoms. The summed E-state index contributed by atoms with van der Waals surface area (Å²) in [5, 5.41) is 0. The van der Waals surface area contributed by atoms with Crippen LogP contribution in [0, 0.1) is 0 Å². The van der Waals surface area contributed by atoms with Crippen LogP contribution in [0.2, 0.25) is 0 Å². The Morgan fingerprint density at radius 2 is 2.17 bits per heavy atom. The van der Waals surface area contributed by atoms with Crippen molar-refractivity contribution in [2.45, 2.75) is 19.4 Å². The Morgan fingerprint density at radius 3 is 2.89 bits per heavy atom. The molecule has 1 aromatic rings. The Morgan fingerprint density at radius 1 is 1.44 bits per heavy atom. The third-order valence-corrected chi connectivity index (χ3v) is 3.60. The summed E-state index contributed by atoms with van der Waals surface area (Å²) in [6.45, 7) is 5.11. The van der Waals surface area contributed by atoms with Crippen molar-refractivity contribution in [1.82, 2.24) is 4.90 Å². The fourth-order valence-electron chi connectivity index (χ4n) is 2.15. The molecule has 1 aromatic carbocycles. The Balaban J connectivity index is 1.95. The highest BCUT2D eigenvalue weighted by Gasteiger charge is 2.18. The molecular weight excluding hydrogens is 294 g/mol. The number of hydrogen-bond donors (Lipinski definition) is 0. The van der Waals surface area contributed by atoms with Crippen LogP contribution in [0.15, 0.2) is 28.7 Å². The van der Waals surface area contributed by atoms with Gasteiger partial charge in [0.15, 0.2) is 5.78 Å². The minimum absolute atomic E-state index is 0.177. The number of carbonyl (C=O) groups is 1. The molecule has 1 atom stereocenters. The van der Waals surface area contributed by atoms with Gasteiger partial charge in [-0.3, -0.25) is 9.69 Å². The van der Waals surface area contributed by atoms with E-state index in [1.54, 1.807) is 0 Å². The molecule has 0 saturated carbocycles. The first kappa shape index (κ1) is 13.7. The fraction of sp³-hybridized carbons (Fsp3) is 0.500. The minimum Gasteiger partial charge on any atom is -0.377 e. The van der Waals surface area contributed by atoms with E-state index in [4.69, 9.17) is 4.74 Å². The molecule has 1 saturated heterocycles. The first-order valence-corrected chi connectivity index (χ1v) is 7.07. The van der Waals surface area contributed by atoms with Crippen molar-refractivity contribution >= 4 is 21.7 Å². The predicted octanol–water partition coefficient (Wildman–Crippen LogP) is 2.74. The van der Waals surface area contributed by atoms with E-state index >= 15 is 0 Å². The van der Waals surface area contributed by atoms with E-state index in [0.29, 0.717) is 6.54 Å². The number of hydrogen-bond acceptors (Lipinski definition) is 3. The van der Waals surface area contributed by atoms with Crippen LogP contribution >= 0.6 is 15.9 Å². The van der Waals surface area contributed by atoms with Gasteiger partial charge in [0.05, 0.1) is 12.6 Å². The number of nitrogens with zero attached hydrogens (tertiary/aromatic N) is 1. The topological polar surface area (TPSA) is 29.5 Å². The van der Waals surface area contributed by atoms with E-state index in [1.165, 1.54) is 0 Å². The molecule has 18 heavy (non-hydrogen) atoms. The average Bonchev–Trinajstić information content (AvgIpc) is 2.54. The van der Waals surface area contributed by atoms with Crippen LogP contribution in [0.25, 0.3) is 0 Å². The maximum absolute atomic E-state index is 12.1. The highest BCUT2D eigenvalue weighted by atomic mass is 79.9. The summed E-state index contributed by atoms with van der Waals surface area (Å²) >= 11 is 3.37. The summed E-state index contributed by atoms with van der Waals surface area (Å²) in [7, 11) is 0. The van der Waals surface area contributed by atoms with Crippen LogP contribution in [0.1, 0.15) is 23.7 Å². The van der Waals surface area contributed by atoms with Crippen LogP contribution in [-0.4, -0.2) is 43.0 Å². The normalized spacial score (nSPS) is 21.6. The summed E-state index contributed by atoms with van der Waals surface area (Å²) in [5.74, 6) is 0.177. The molecule has 0 aromatic heterocycles. The van der Waals surface area contributed by atoms with Gasteiger partial charge in [-0.15, -0.1) is 0 Å². The molecule has 4 heteroatoms. The highest BCUT2D eigenvalue weighted by Crippen LogP contribution is 2.12. The second-order valence-electron chi connectivity index (χ2n) is 4.70. The van der Waals surface area contributed by atoms with Gasteiger partial charge < -0.3 is 4.74 Å². The van der Waals surface area contributed by atoms with Gasteiger partial charge in [-0.1, -0.05) is 28.1 Å². The standard InChI is InChI=1S/C14H18BrNO2/c1-11-9-16(7-2-8-18-11)10-14(17)12-3-5-13(15)6-4-12/h3-6,11H,2,7-10H2,1H3. The lowest BCUT2D eigenvalue weighted by Crippen LogP contribution is -2.34. The first-order valence-electron chi connectivity index (χ1n) is 6.28. The van der Waals surface area contributed by atoms with Crippen molar-refractivity contribution in [2.75, 3.05) is 26.2 Å². The van der Waals surface area contributed by atoms with Crippen LogP contribution in [-0.2, 0) is 4.74 Å². The molecule has 1 aliphatic rings. The zero-order valence-corrected chi connectivity index (χ0v) is 12.1. The first-order chi connectivity index (χ1) is 8.65. The lowest BCUT2D eigenvalue weighted by molar-refractivity contribution is 0.0657. The third kappa shape index (κ3) is 3.90. The summed E-state index contributed by atoms with van der Waals surface area (Å²) in [4.78, 5) is 14.3. The van der Waals surface area contributed by atoms with E-state index in [1.807, 2.05) is 24.3 Å². The monoisotopic (exact) mass is 311 g/mol. The van der Waals surface area contributed by atoms with Gasteiger partial charge in [0.2, 0.25) is 0 Å². The van der Waals surface area contributed by atoms with E-state index in [9.17, 15) is 4.79 Å². The molecule has 1 unspecified atom stereocenters. The van der Waals surface area contributed by atoms with Crippen LogP contribution in [0.3, 0.4) is 0 Å². The molecular formula is C14H18BrNO2. The molecule has 0 bridgehead atoms. The Hall–Kier alpha value is -0.710. The number of benzene rings is 1. The average molecular weight is 312 g/mol. The maximum atomic E-state index is 12.1. The van der Waals surface area contributed by atoms with Crippen molar-refractivity contribution in [3.63, 3.8) is 0 Å². The zero-order valence-electron chi connectivity index (χ0n) is 10.6. The predicted molar refractivity (Wildman–Crippen MR) is 74.9 cm³/mol. The highest BCUT2D eigenvalue weighted by molar-refractivity contribution is 9.10. The van der Waals surface area contributed by atoms with Gasteiger partial charge in [-0.25, -0.2) is 0 Å². The summed E-state index contributed by atoms with van der Waals surface area (Å²) in [6, 6.07) is 7.54. The van der Waals surface area contributed by atoms with E-state index in [0.717, 1.165) is 36.2 Å². The van der Waals surface area contributed by atoms with Gasteiger partial charge in [0, 0.05) is 29.7 Å². The molecule has 0 N–H and O–H groups in total. The molecule has 3 nitrogen and oxygen atoms in total. The number of rotatable bonds is 3. The third-order valence-electron chi connectivity index (χ3n) is 3.07. The van der Waals surface area contributed by atoms with Crippen molar-refractivity contribution in [3.8, 4) is 0 Å². The fourth-order valence-corrected chi connectivity index (χ4v) is 2.42. The van der Waals surface area contributed by atoms with Crippen LogP contribution in [0.5, 0.6) is 0 Å². The molecule has 1 heterocycles. The molecule has 0 aliphatic carbocycles. The van der Waals surface area contributed by atoms with Crippen LogP contribution < -0.4 is 0 Å². The molecule has 98 valence electrons. The molecule has 0 amide bonds. The lowest BCUT2D eigenvalue weighted by atomic mass is 10.1. The van der Waals surface area contributed by atoms with Crippen LogP contribution in [0.4, 0.5) is 0 Å². The smallest absolute Gasteiger partial charge is 0.176 e. The quantitative estimate of drug-likeness (QED) is 0.804. The Bertz CT molecular complexity index is 405. The van der Waals surface area contributed by atoms with Crippen molar-refractivity contribution in [2.24, 2.45) is 0 Å². The second kappa shape index (κ2) is 6.45. The van der Waals surface area contributed by atoms with Gasteiger partial charge in [-0.05, 0) is 25.5 Å². The molecule has 0 radical (unpaired) electrons. The SMILES string of the molecule is CC1CN(CC(=O)c2ccc(Br)cc2)CCCO1. The summed E-state index contributed by atoms with van der Waals surface area (Å²) in [6.07, 6.45) is 1.21. The lowest BCUT2D eigenvalue weighted by Gasteiger charge is -2.20. The molecule has 1 aliphatic heterocycles. The maximum Gasteiger partial charge on any atom is 0.176 e. The number of ether oxygens (including phenoxy) is 1. The largest absolute Gasteiger partial charge is 0.377 e.